The molecule has 72 valence electrons. The summed E-state index contributed by atoms with van der Waals surface area (Å²) in [6, 6.07) is 0. The Morgan fingerprint density at radius 2 is 2.31 bits per heavy atom. The monoisotopic (exact) mass is 183 g/mol. The fourth-order valence-electron chi connectivity index (χ4n) is 1.56. The molecule has 0 aromatic heterocycles. The van der Waals surface area contributed by atoms with E-state index in [4.69, 9.17) is 4.74 Å². The van der Waals surface area contributed by atoms with Gasteiger partial charge in [-0.1, -0.05) is 0 Å². The Hall–Kier alpha value is -0.990. The average Bonchev–Trinajstić information content (AvgIpc) is 2.01. The molecule has 0 aromatic rings. The highest BCUT2D eigenvalue weighted by Crippen LogP contribution is 2.32. The van der Waals surface area contributed by atoms with Crippen molar-refractivity contribution in [3.8, 4) is 0 Å². The lowest BCUT2D eigenvalue weighted by Crippen LogP contribution is -2.32. The maximum absolute atomic E-state index is 10.8. The van der Waals surface area contributed by atoms with Gasteiger partial charge in [0.2, 0.25) is 6.08 Å². The van der Waals surface area contributed by atoms with Gasteiger partial charge in [-0.05, 0) is 25.7 Å². The van der Waals surface area contributed by atoms with Crippen molar-refractivity contribution in [1.29, 1.82) is 0 Å². The highest BCUT2D eigenvalue weighted by molar-refractivity contribution is 5.81. The van der Waals surface area contributed by atoms with Crippen molar-refractivity contribution in [2.45, 2.75) is 32.3 Å². The Morgan fingerprint density at radius 3 is 2.85 bits per heavy atom. The Morgan fingerprint density at radius 1 is 1.62 bits per heavy atom. The van der Waals surface area contributed by atoms with Crippen molar-refractivity contribution >= 4 is 12.0 Å². The Labute approximate surface area is 77.0 Å². The molecule has 1 aliphatic rings. The van der Waals surface area contributed by atoms with Crippen LogP contribution in [0.25, 0.3) is 0 Å². The molecule has 4 heteroatoms. The second kappa shape index (κ2) is 4.90. The van der Waals surface area contributed by atoms with Crippen LogP contribution < -0.4 is 0 Å². The summed E-state index contributed by atoms with van der Waals surface area (Å²) < 4.78 is 5.33. The van der Waals surface area contributed by atoms with E-state index in [-0.39, 0.29) is 5.91 Å². The summed E-state index contributed by atoms with van der Waals surface area (Å²) in [5, 5.41) is 0. The lowest BCUT2D eigenvalue weighted by atomic mass is 9.80. The topological polar surface area (TPSA) is 55.7 Å². The molecule has 1 aliphatic carbocycles. The average molecular weight is 183 g/mol. The molecule has 0 spiro atoms. The number of amides is 1. The van der Waals surface area contributed by atoms with Crippen LogP contribution in [0.5, 0.6) is 0 Å². The molecule has 0 atom stereocenters. The van der Waals surface area contributed by atoms with E-state index in [2.05, 4.69) is 4.99 Å². The normalized spacial score (nSPS) is 25.9. The summed E-state index contributed by atoms with van der Waals surface area (Å²) in [5.41, 5.74) is 0. The Kier molecular flexibility index (Phi) is 3.80. The van der Waals surface area contributed by atoms with Gasteiger partial charge in [-0.15, -0.1) is 4.99 Å². The first kappa shape index (κ1) is 10.1. The molecule has 0 aliphatic heterocycles. The van der Waals surface area contributed by atoms with Gasteiger partial charge >= 0.3 is 0 Å². The van der Waals surface area contributed by atoms with E-state index in [9.17, 15) is 9.59 Å². The maximum Gasteiger partial charge on any atom is 0.256 e. The molecular formula is C9H13NO3. The van der Waals surface area contributed by atoms with E-state index in [1.54, 1.807) is 0 Å². The first-order valence-electron chi connectivity index (χ1n) is 4.48. The van der Waals surface area contributed by atoms with E-state index < -0.39 is 0 Å². The number of rotatable bonds is 4. The zero-order valence-electron chi connectivity index (χ0n) is 7.66. The summed E-state index contributed by atoms with van der Waals surface area (Å²) in [7, 11) is 0. The van der Waals surface area contributed by atoms with Gasteiger partial charge in [-0.2, -0.15) is 0 Å². The molecule has 1 saturated carbocycles. The summed E-state index contributed by atoms with van der Waals surface area (Å²) in [6.45, 7) is 2.67. The van der Waals surface area contributed by atoms with E-state index in [1.165, 1.54) is 6.08 Å². The van der Waals surface area contributed by atoms with Gasteiger partial charge in [0.1, 0.15) is 0 Å². The van der Waals surface area contributed by atoms with E-state index in [0.717, 1.165) is 19.4 Å². The largest absolute Gasteiger partial charge is 0.378 e. The predicted octanol–water partition coefficient (Wildman–Crippen LogP) is 1.05. The highest BCUT2D eigenvalue weighted by atomic mass is 16.5. The van der Waals surface area contributed by atoms with Crippen molar-refractivity contribution in [1.82, 2.24) is 0 Å². The molecule has 0 N–H and O–H groups in total. The first-order chi connectivity index (χ1) is 6.26. The lowest BCUT2D eigenvalue weighted by Gasteiger charge is -2.33. The third-order valence-electron chi connectivity index (χ3n) is 2.23. The number of ether oxygens (including phenoxy) is 1. The van der Waals surface area contributed by atoms with Gasteiger partial charge in [0.15, 0.2) is 0 Å². The molecule has 13 heavy (non-hydrogen) atoms. The van der Waals surface area contributed by atoms with Crippen LogP contribution in [-0.2, 0) is 14.3 Å². The van der Waals surface area contributed by atoms with Crippen molar-refractivity contribution in [2.24, 2.45) is 10.9 Å². The fourth-order valence-corrected chi connectivity index (χ4v) is 1.56. The molecule has 1 rings (SSSR count). The van der Waals surface area contributed by atoms with E-state index >= 15 is 0 Å². The summed E-state index contributed by atoms with van der Waals surface area (Å²) in [5.74, 6) is -0.0175. The van der Waals surface area contributed by atoms with Gasteiger partial charge in [-0.25, -0.2) is 4.79 Å². The van der Waals surface area contributed by atoms with Crippen LogP contribution >= 0.6 is 0 Å². The Balaban J connectivity index is 2.14. The second-order valence-electron chi connectivity index (χ2n) is 3.22. The number of aliphatic imine (C=N–C) groups is 1. The molecule has 1 amide bonds. The molecule has 0 aromatic carbocycles. The lowest BCUT2D eigenvalue weighted by molar-refractivity contribution is -0.120. The third-order valence-corrected chi connectivity index (χ3v) is 2.23. The van der Waals surface area contributed by atoms with Crippen molar-refractivity contribution in [3.05, 3.63) is 0 Å². The molecular weight excluding hydrogens is 170 g/mol. The quantitative estimate of drug-likeness (QED) is 0.483. The molecule has 0 heterocycles. The van der Waals surface area contributed by atoms with Crippen LogP contribution in [0.2, 0.25) is 0 Å². The minimum absolute atomic E-state index is 0.308. The third kappa shape index (κ3) is 3.09. The fraction of sp³-hybridized carbons (Fsp3) is 0.778. The number of carbonyl (C=O) groups excluding carboxylic acids is 2. The predicted molar refractivity (Wildman–Crippen MR) is 45.9 cm³/mol. The minimum atomic E-state index is -0.366. The second-order valence-corrected chi connectivity index (χ2v) is 3.22. The zero-order valence-corrected chi connectivity index (χ0v) is 7.66. The van der Waals surface area contributed by atoms with E-state index in [0.29, 0.717) is 18.4 Å². The summed E-state index contributed by atoms with van der Waals surface area (Å²) >= 11 is 0. The molecule has 1 fully saturated rings. The minimum Gasteiger partial charge on any atom is -0.378 e. The van der Waals surface area contributed by atoms with Crippen LogP contribution in [-0.4, -0.2) is 24.7 Å². The van der Waals surface area contributed by atoms with E-state index in [1.807, 2.05) is 6.92 Å². The zero-order chi connectivity index (χ0) is 9.68. The number of nitrogens with zero attached hydrogens (tertiary/aromatic N) is 1. The van der Waals surface area contributed by atoms with Gasteiger partial charge in [0.05, 0.1) is 6.10 Å². The number of isocyanates is 1. The van der Waals surface area contributed by atoms with Gasteiger partial charge in [0, 0.05) is 13.0 Å². The van der Waals surface area contributed by atoms with Crippen LogP contribution in [0.1, 0.15) is 26.2 Å². The smallest absolute Gasteiger partial charge is 0.256 e. The van der Waals surface area contributed by atoms with Crippen LogP contribution in [0.3, 0.4) is 0 Å². The van der Waals surface area contributed by atoms with Gasteiger partial charge in [-0.3, -0.25) is 4.79 Å². The summed E-state index contributed by atoms with van der Waals surface area (Å²) in [6.07, 6.45) is 3.74. The molecule has 0 saturated heterocycles. The standard InChI is InChI=1S/C9H13NO3/c1-2-13-8-3-7(4-8)5-9(12)10-6-11/h7-8H,2-5H2,1H3. The van der Waals surface area contributed by atoms with Crippen molar-refractivity contribution < 1.29 is 14.3 Å². The number of hydrogen-bond donors (Lipinski definition) is 0. The van der Waals surface area contributed by atoms with Gasteiger partial charge < -0.3 is 4.74 Å². The summed E-state index contributed by atoms with van der Waals surface area (Å²) in [4.78, 5) is 23.6. The van der Waals surface area contributed by atoms with Crippen molar-refractivity contribution in [2.75, 3.05) is 6.61 Å². The molecule has 4 nitrogen and oxygen atoms in total. The van der Waals surface area contributed by atoms with Crippen LogP contribution in [0.4, 0.5) is 0 Å². The molecule has 0 bridgehead atoms. The first-order valence-corrected chi connectivity index (χ1v) is 4.48. The maximum atomic E-state index is 10.8. The number of hydrogen-bond acceptors (Lipinski definition) is 3. The number of carbonyl (C=O) groups is 1. The molecule has 0 unspecified atom stereocenters. The van der Waals surface area contributed by atoms with Gasteiger partial charge in [0.25, 0.3) is 5.91 Å². The Bertz CT molecular complexity index is 227. The SMILES string of the molecule is CCOC1CC(CC(=O)N=C=O)C1. The highest BCUT2D eigenvalue weighted by Gasteiger charge is 2.30. The van der Waals surface area contributed by atoms with Crippen LogP contribution in [0.15, 0.2) is 4.99 Å². The van der Waals surface area contributed by atoms with Crippen molar-refractivity contribution in [3.63, 3.8) is 0 Å². The van der Waals surface area contributed by atoms with Crippen LogP contribution in [0, 0.1) is 5.92 Å². The molecule has 0 radical (unpaired) electrons.